The van der Waals surface area contributed by atoms with Crippen LogP contribution in [0.2, 0.25) is 0 Å². The predicted octanol–water partition coefficient (Wildman–Crippen LogP) is 1.71. The van der Waals surface area contributed by atoms with Gasteiger partial charge in [0.25, 0.3) is 0 Å². The van der Waals surface area contributed by atoms with Gasteiger partial charge in [0.2, 0.25) is 0 Å². The van der Waals surface area contributed by atoms with Gasteiger partial charge >= 0.3 is 18.0 Å². The van der Waals surface area contributed by atoms with E-state index in [-0.39, 0.29) is 24.5 Å². The van der Waals surface area contributed by atoms with Crippen LogP contribution in [0.1, 0.15) is 31.4 Å². The van der Waals surface area contributed by atoms with Crippen molar-refractivity contribution in [1.29, 1.82) is 0 Å². The van der Waals surface area contributed by atoms with Crippen LogP contribution in [0.4, 0.5) is 4.79 Å². The highest BCUT2D eigenvalue weighted by molar-refractivity contribution is 5.78. The number of nitrogens with one attached hydrogen (secondary N) is 1. The average Bonchev–Trinajstić information content (AvgIpc) is 3.12. The highest BCUT2D eigenvalue weighted by Crippen LogP contribution is 2.62. The first-order chi connectivity index (χ1) is 15.8. The molecule has 2 bridgehead atoms. The molecule has 33 heavy (non-hydrogen) atoms. The zero-order chi connectivity index (χ0) is 23.3. The minimum atomic E-state index is -0.715. The molecule has 1 aromatic rings. The zero-order valence-electron chi connectivity index (χ0n) is 19.0. The van der Waals surface area contributed by atoms with Crippen molar-refractivity contribution in [2.45, 2.75) is 50.4 Å². The fraction of sp³-hybridized carbons (Fsp3) is 0.542. The second-order valence-corrected chi connectivity index (χ2v) is 9.04. The van der Waals surface area contributed by atoms with Gasteiger partial charge in [-0.25, -0.2) is 4.79 Å². The number of likely N-dealkylation sites (N-methyl/N-ethyl adjacent to an activating group) is 1. The molecule has 4 aliphatic rings. The van der Waals surface area contributed by atoms with Crippen molar-refractivity contribution in [3.63, 3.8) is 0 Å². The monoisotopic (exact) mass is 456 g/mol. The Hall–Kier alpha value is -3.07. The van der Waals surface area contributed by atoms with Gasteiger partial charge in [0.05, 0.1) is 6.61 Å². The fourth-order valence-electron chi connectivity index (χ4n) is 6.07. The van der Waals surface area contributed by atoms with Gasteiger partial charge in [0.1, 0.15) is 12.6 Å². The summed E-state index contributed by atoms with van der Waals surface area (Å²) in [6, 6.07) is 4.11. The third-order valence-electron chi connectivity index (χ3n) is 7.29. The third-order valence-corrected chi connectivity index (χ3v) is 7.29. The van der Waals surface area contributed by atoms with Gasteiger partial charge in [-0.05, 0) is 51.1 Å². The molecule has 9 nitrogen and oxygen atoms in total. The van der Waals surface area contributed by atoms with E-state index in [1.807, 2.05) is 12.1 Å². The molecular weight excluding hydrogens is 428 g/mol. The molecule has 2 aliphatic carbocycles. The van der Waals surface area contributed by atoms with Gasteiger partial charge in [-0.15, -0.1) is 0 Å². The molecule has 1 spiro atoms. The molecule has 0 radical (unpaired) electrons. The molecule has 5 rings (SSSR count). The number of ether oxygens (including phenoxy) is 4. The number of piperidine rings is 1. The fourth-order valence-corrected chi connectivity index (χ4v) is 6.07. The van der Waals surface area contributed by atoms with E-state index in [4.69, 9.17) is 18.9 Å². The van der Waals surface area contributed by atoms with Crippen LogP contribution in [-0.4, -0.2) is 67.9 Å². The number of carbonyl (C=O) groups is 3. The van der Waals surface area contributed by atoms with Gasteiger partial charge < -0.3 is 29.2 Å². The largest absolute Gasteiger partial charge is 0.481 e. The van der Waals surface area contributed by atoms with Gasteiger partial charge in [0.15, 0.2) is 17.6 Å². The van der Waals surface area contributed by atoms with Crippen LogP contribution < -0.4 is 14.8 Å². The first kappa shape index (κ1) is 21.8. The molecular formula is C24H28N2O7. The summed E-state index contributed by atoms with van der Waals surface area (Å²) >= 11 is 0. The van der Waals surface area contributed by atoms with Crippen molar-refractivity contribution in [2.75, 3.05) is 26.7 Å². The molecule has 1 N–H and O–H groups in total. The summed E-state index contributed by atoms with van der Waals surface area (Å²) < 4.78 is 22.5. The summed E-state index contributed by atoms with van der Waals surface area (Å²) in [7, 11) is 2.14. The van der Waals surface area contributed by atoms with E-state index in [2.05, 4.69) is 23.3 Å². The number of hydrogen-bond acceptors (Lipinski definition) is 8. The van der Waals surface area contributed by atoms with E-state index in [0.29, 0.717) is 17.5 Å². The van der Waals surface area contributed by atoms with Crippen molar-refractivity contribution < 1.29 is 33.3 Å². The highest BCUT2D eigenvalue weighted by Gasteiger charge is 2.65. The number of hydrogen-bond donors (Lipinski definition) is 1. The van der Waals surface area contributed by atoms with Crippen molar-refractivity contribution in [3.05, 3.63) is 35.4 Å². The Bertz CT molecular complexity index is 1040. The smallest absolute Gasteiger partial charge is 0.408 e. The van der Waals surface area contributed by atoms with E-state index in [9.17, 15) is 14.4 Å². The second kappa shape index (κ2) is 8.06. The summed E-state index contributed by atoms with van der Waals surface area (Å²) in [5.41, 5.74) is 1.87. The molecule has 0 aromatic heterocycles. The Morgan fingerprint density at radius 3 is 2.85 bits per heavy atom. The topological polar surface area (TPSA) is 103 Å². The number of carbonyl (C=O) groups excluding carboxylic acids is 3. The Balaban J connectivity index is 1.48. The lowest BCUT2D eigenvalue weighted by Gasteiger charge is -2.56. The SMILES string of the molecule is CCOC(=O)CNC(=O)O[C@H]1C=C[C@H]2[C@H]3Cc4ccc(OC(C)=O)c5c4[C@@]2(CCN3C)C1O5. The van der Waals surface area contributed by atoms with E-state index in [0.717, 1.165) is 24.9 Å². The number of benzene rings is 1. The molecule has 2 heterocycles. The summed E-state index contributed by atoms with van der Waals surface area (Å²) in [5.74, 6) is 0.208. The third kappa shape index (κ3) is 3.37. The van der Waals surface area contributed by atoms with E-state index >= 15 is 0 Å². The maximum absolute atomic E-state index is 12.5. The maximum atomic E-state index is 12.5. The van der Waals surface area contributed by atoms with Crippen molar-refractivity contribution in [3.8, 4) is 11.5 Å². The number of alkyl carbamates (subject to hydrolysis) is 1. The highest BCUT2D eigenvalue weighted by atomic mass is 16.6. The quantitative estimate of drug-likeness (QED) is 0.406. The van der Waals surface area contributed by atoms with Crippen molar-refractivity contribution in [2.24, 2.45) is 5.92 Å². The molecule has 1 fully saturated rings. The zero-order valence-corrected chi connectivity index (χ0v) is 19.0. The van der Waals surface area contributed by atoms with Crippen LogP contribution in [-0.2, 0) is 30.9 Å². The number of esters is 2. The van der Waals surface area contributed by atoms with Crippen LogP contribution in [0.15, 0.2) is 24.3 Å². The summed E-state index contributed by atoms with van der Waals surface area (Å²) in [5, 5.41) is 2.45. The van der Waals surface area contributed by atoms with Gasteiger partial charge in [-0.3, -0.25) is 9.59 Å². The molecule has 9 heteroatoms. The Morgan fingerprint density at radius 2 is 2.09 bits per heavy atom. The number of amides is 1. The lowest BCUT2D eigenvalue weighted by molar-refractivity contribution is -0.142. The standard InChI is InChI=1S/C24H28N2O7/c1-4-30-19(28)12-25-23(29)32-18-8-6-15-16-11-14-5-7-17(31-13(2)27)21-20(14)24(15,22(18)33-21)9-10-26(16)3/h5-8,15-16,18,22H,4,9-12H2,1-3H3,(H,25,29)/t15-,16+,18-,22?,24-/m0/s1. The molecule has 176 valence electrons. The minimum absolute atomic E-state index is 0.185. The molecule has 1 unspecified atom stereocenters. The molecule has 2 aliphatic heterocycles. The van der Waals surface area contributed by atoms with Crippen LogP contribution >= 0.6 is 0 Å². The van der Waals surface area contributed by atoms with Crippen LogP contribution in [0, 0.1) is 5.92 Å². The van der Waals surface area contributed by atoms with E-state index in [1.165, 1.54) is 12.5 Å². The lowest BCUT2D eigenvalue weighted by atomic mass is 9.53. The van der Waals surface area contributed by atoms with Crippen LogP contribution in [0.25, 0.3) is 0 Å². The molecule has 0 saturated carbocycles. The first-order valence-corrected chi connectivity index (χ1v) is 11.3. The number of likely N-dealkylation sites (tertiary alicyclic amines) is 1. The number of nitrogens with zero attached hydrogens (tertiary/aromatic N) is 1. The summed E-state index contributed by atoms with van der Waals surface area (Å²) in [6.45, 7) is 3.92. The minimum Gasteiger partial charge on any atom is -0.481 e. The second-order valence-electron chi connectivity index (χ2n) is 9.04. The normalized spacial score (nSPS) is 30.6. The van der Waals surface area contributed by atoms with E-state index in [1.54, 1.807) is 13.0 Å². The molecule has 1 amide bonds. The molecule has 1 aromatic carbocycles. The summed E-state index contributed by atoms with van der Waals surface area (Å²) in [6.07, 6.45) is 3.89. The Morgan fingerprint density at radius 1 is 1.27 bits per heavy atom. The van der Waals surface area contributed by atoms with Gasteiger partial charge in [0, 0.05) is 29.9 Å². The van der Waals surface area contributed by atoms with Crippen molar-refractivity contribution in [1.82, 2.24) is 10.2 Å². The molecule has 1 saturated heterocycles. The average molecular weight is 456 g/mol. The number of rotatable bonds is 5. The summed E-state index contributed by atoms with van der Waals surface area (Å²) in [4.78, 5) is 38.1. The lowest BCUT2D eigenvalue weighted by Crippen LogP contribution is -2.65. The van der Waals surface area contributed by atoms with Gasteiger partial charge in [-0.1, -0.05) is 12.1 Å². The van der Waals surface area contributed by atoms with Crippen LogP contribution in [0.5, 0.6) is 11.5 Å². The van der Waals surface area contributed by atoms with E-state index < -0.39 is 30.2 Å². The van der Waals surface area contributed by atoms with Gasteiger partial charge in [-0.2, -0.15) is 0 Å². The van der Waals surface area contributed by atoms with Crippen molar-refractivity contribution >= 4 is 18.0 Å². The molecule has 5 atom stereocenters. The Labute approximate surface area is 192 Å². The van der Waals surface area contributed by atoms with Crippen LogP contribution in [0.3, 0.4) is 0 Å². The Kier molecular flexibility index (Phi) is 5.31. The first-order valence-electron chi connectivity index (χ1n) is 11.3. The maximum Gasteiger partial charge on any atom is 0.408 e. The predicted molar refractivity (Wildman–Crippen MR) is 116 cm³/mol.